The smallest absolute Gasteiger partial charge is 0.1000 e. The van der Waals surface area contributed by atoms with Gasteiger partial charge in [-0.1, -0.05) is 38.5 Å². The predicted molar refractivity (Wildman–Crippen MR) is 63.3 cm³/mol. The van der Waals surface area contributed by atoms with E-state index in [1.165, 1.54) is 25.7 Å². The van der Waals surface area contributed by atoms with Crippen molar-refractivity contribution in [2.45, 2.75) is 76.4 Å². The van der Waals surface area contributed by atoms with Crippen molar-refractivity contribution < 1.29 is 14.6 Å². The lowest BCUT2D eigenvalue weighted by molar-refractivity contribution is -0.321. The van der Waals surface area contributed by atoms with Crippen molar-refractivity contribution in [3.05, 3.63) is 0 Å². The third-order valence-electron chi connectivity index (χ3n) is 4.20. The molecule has 1 atom stereocenters. The van der Waals surface area contributed by atoms with Gasteiger partial charge in [0.2, 0.25) is 0 Å². The number of aliphatic carboxylic acids is 1. The normalized spacial score (nSPS) is 25.6. The zero-order valence-electron chi connectivity index (χ0n) is 10.5. The summed E-state index contributed by atoms with van der Waals surface area (Å²) in [6.45, 7) is 0. The van der Waals surface area contributed by atoms with Crippen molar-refractivity contribution >= 4 is 5.97 Å². The van der Waals surface area contributed by atoms with Gasteiger partial charge in [0.25, 0.3) is 0 Å². The van der Waals surface area contributed by atoms with E-state index in [4.69, 9.17) is 4.74 Å². The molecule has 0 heterocycles. The Balaban J connectivity index is 1.88. The first-order valence-corrected chi connectivity index (χ1v) is 7.13. The highest BCUT2D eigenvalue weighted by Crippen LogP contribution is 2.30. The molecule has 0 radical (unpaired) electrons. The zero-order chi connectivity index (χ0) is 12.1. The summed E-state index contributed by atoms with van der Waals surface area (Å²) in [7, 11) is 0. The van der Waals surface area contributed by atoms with Gasteiger partial charge in [-0.3, -0.25) is 0 Å². The monoisotopic (exact) mass is 239 g/mol. The van der Waals surface area contributed by atoms with Gasteiger partial charge in [-0.25, -0.2) is 0 Å². The second-order valence-corrected chi connectivity index (χ2v) is 5.53. The van der Waals surface area contributed by atoms with E-state index in [-0.39, 0.29) is 12.0 Å². The SMILES string of the molecule is O=C([O-])C(OC1CCCCC1)C1CCCCC1. The molecular weight excluding hydrogens is 216 g/mol. The molecule has 98 valence electrons. The second kappa shape index (κ2) is 6.39. The van der Waals surface area contributed by atoms with E-state index >= 15 is 0 Å². The van der Waals surface area contributed by atoms with E-state index in [1.54, 1.807) is 0 Å². The molecule has 17 heavy (non-hydrogen) atoms. The van der Waals surface area contributed by atoms with Crippen LogP contribution in [-0.2, 0) is 9.53 Å². The molecular formula is C14H23O3-. The molecule has 0 spiro atoms. The molecule has 0 aromatic carbocycles. The van der Waals surface area contributed by atoms with Crippen molar-refractivity contribution in [2.75, 3.05) is 0 Å². The van der Waals surface area contributed by atoms with Gasteiger partial charge in [-0.2, -0.15) is 0 Å². The molecule has 0 aliphatic heterocycles. The maximum Gasteiger partial charge on any atom is 0.1000 e. The van der Waals surface area contributed by atoms with Gasteiger partial charge in [-0.15, -0.1) is 0 Å². The Morgan fingerprint density at radius 3 is 2.00 bits per heavy atom. The van der Waals surface area contributed by atoms with Crippen molar-refractivity contribution in [1.82, 2.24) is 0 Å². The van der Waals surface area contributed by atoms with Gasteiger partial charge in [0, 0.05) is 0 Å². The van der Waals surface area contributed by atoms with Crippen LogP contribution < -0.4 is 5.11 Å². The fraction of sp³-hybridized carbons (Fsp3) is 0.929. The lowest BCUT2D eigenvalue weighted by Gasteiger charge is -2.35. The second-order valence-electron chi connectivity index (χ2n) is 5.53. The molecule has 0 aromatic rings. The average Bonchev–Trinajstić information content (AvgIpc) is 2.38. The topological polar surface area (TPSA) is 49.4 Å². The summed E-state index contributed by atoms with van der Waals surface area (Å²) in [5, 5.41) is 11.2. The van der Waals surface area contributed by atoms with Gasteiger partial charge in [0.05, 0.1) is 18.2 Å². The molecule has 2 rings (SSSR count). The predicted octanol–water partition coefficient (Wildman–Crippen LogP) is 2.03. The third-order valence-corrected chi connectivity index (χ3v) is 4.20. The molecule has 1 unspecified atom stereocenters. The van der Waals surface area contributed by atoms with E-state index in [1.807, 2.05) is 0 Å². The van der Waals surface area contributed by atoms with Crippen molar-refractivity contribution in [3.63, 3.8) is 0 Å². The Morgan fingerprint density at radius 1 is 0.941 bits per heavy atom. The van der Waals surface area contributed by atoms with Crippen LogP contribution in [-0.4, -0.2) is 18.2 Å². The van der Waals surface area contributed by atoms with Crippen LogP contribution in [0.1, 0.15) is 64.2 Å². The standard InChI is InChI=1S/C14H24O3/c15-14(16)13(11-7-3-1-4-8-11)17-12-9-5-2-6-10-12/h11-13H,1-10H2,(H,15,16)/p-1. The summed E-state index contributed by atoms with van der Waals surface area (Å²) in [6.07, 6.45) is 10.7. The number of ether oxygens (including phenoxy) is 1. The summed E-state index contributed by atoms with van der Waals surface area (Å²) < 4.78 is 5.83. The van der Waals surface area contributed by atoms with Crippen LogP contribution in [0.3, 0.4) is 0 Å². The largest absolute Gasteiger partial charge is 0.547 e. The van der Waals surface area contributed by atoms with Crippen molar-refractivity contribution in [2.24, 2.45) is 5.92 Å². The fourth-order valence-corrected chi connectivity index (χ4v) is 3.20. The van der Waals surface area contributed by atoms with E-state index in [0.29, 0.717) is 0 Å². The number of carbonyl (C=O) groups excluding carboxylic acids is 1. The van der Waals surface area contributed by atoms with Crippen LogP contribution in [0, 0.1) is 5.92 Å². The van der Waals surface area contributed by atoms with Crippen LogP contribution in [0.4, 0.5) is 0 Å². The molecule has 2 aliphatic carbocycles. The molecule has 3 heteroatoms. The quantitative estimate of drug-likeness (QED) is 0.754. The van der Waals surface area contributed by atoms with Crippen LogP contribution in [0.25, 0.3) is 0 Å². The number of carboxylic acid groups (broad SMARTS) is 1. The first kappa shape index (κ1) is 12.9. The number of hydrogen-bond donors (Lipinski definition) is 0. The highest BCUT2D eigenvalue weighted by molar-refractivity contribution is 5.70. The Morgan fingerprint density at radius 2 is 1.47 bits per heavy atom. The van der Waals surface area contributed by atoms with E-state index in [9.17, 15) is 9.90 Å². The van der Waals surface area contributed by atoms with Crippen LogP contribution >= 0.6 is 0 Å². The molecule has 0 aromatic heterocycles. The number of rotatable bonds is 4. The minimum Gasteiger partial charge on any atom is -0.547 e. The van der Waals surface area contributed by atoms with Gasteiger partial charge >= 0.3 is 0 Å². The summed E-state index contributed by atoms with van der Waals surface area (Å²) in [4.78, 5) is 11.2. The van der Waals surface area contributed by atoms with Crippen LogP contribution in [0.2, 0.25) is 0 Å². The maximum atomic E-state index is 11.2. The molecule has 0 amide bonds. The fourth-order valence-electron chi connectivity index (χ4n) is 3.20. The molecule has 0 bridgehead atoms. The first-order valence-electron chi connectivity index (χ1n) is 7.13. The Labute approximate surface area is 104 Å². The lowest BCUT2D eigenvalue weighted by atomic mass is 9.85. The Kier molecular flexibility index (Phi) is 4.84. The van der Waals surface area contributed by atoms with Gasteiger partial charge < -0.3 is 14.6 Å². The average molecular weight is 239 g/mol. The lowest BCUT2D eigenvalue weighted by Crippen LogP contribution is -2.45. The van der Waals surface area contributed by atoms with Crippen molar-refractivity contribution in [3.8, 4) is 0 Å². The molecule has 2 aliphatic rings. The number of carbonyl (C=O) groups is 1. The summed E-state index contributed by atoms with van der Waals surface area (Å²) in [5.41, 5.74) is 0. The summed E-state index contributed by atoms with van der Waals surface area (Å²) >= 11 is 0. The Bertz CT molecular complexity index is 240. The number of hydrogen-bond acceptors (Lipinski definition) is 3. The number of carboxylic acids is 1. The Hall–Kier alpha value is -0.570. The maximum absolute atomic E-state index is 11.2. The van der Waals surface area contributed by atoms with Gasteiger partial charge in [-0.05, 0) is 31.6 Å². The van der Waals surface area contributed by atoms with Crippen molar-refractivity contribution in [1.29, 1.82) is 0 Å². The molecule has 2 fully saturated rings. The van der Waals surface area contributed by atoms with Gasteiger partial charge in [0.1, 0.15) is 0 Å². The van der Waals surface area contributed by atoms with Crippen LogP contribution in [0.15, 0.2) is 0 Å². The molecule has 2 saturated carbocycles. The molecule has 0 saturated heterocycles. The van der Waals surface area contributed by atoms with Crippen LogP contribution in [0.5, 0.6) is 0 Å². The van der Waals surface area contributed by atoms with E-state index < -0.39 is 12.1 Å². The highest BCUT2D eigenvalue weighted by Gasteiger charge is 2.28. The minimum atomic E-state index is -0.998. The third kappa shape index (κ3) is 3.70. The zero-order valence-corrected chi connectivity index (χ0v) is 10.5. The molecule has 0 N–H and O–H groups in total. The first-order chi connectivity index (χ1) is 8.27. The van der Waals surface area contributed by atoms with E-state index in [0.717, 1.165) is 38.5 Å². The minimum absolute atomic E-state index is 0.161. The molecule has 3 nitrogen and oxygen atoms in total. The highest BCUT2D eigenvalue weighted by atomic mass is 16.5. The summed E-state index contributed by atoms with van der Waals surface area (Å²) in [6, 6.07) is 0. The van der Waals surface area contributed by atoms with Gasteiger partial charge in [0.15, 0.2) is 0 Å². The summed E-state index contributed by atoms with van der Waals surface area (Å²) in [5.74, 6) is -0.807. The van der Waals surface area contributed by atoms with E-state index in [2.05, 4.69) is 0 Å².